The lowest BCUT2D eigenvalue weighted by Gasteiger charge is -2.29. The van der Waals surface area contributed by atoms with Gasteiger partial charge in [-0.15, -0.1) is 0 Å². The lowest BCUT2D eigenvalue weighted by atomic mass is 10.1. The molecule has 1 aromatic rings. The Bertz CT molecular complexity index is 493. The summed E-state index contributed by atoms with van der Waals surface area (Å²) >= 11 is 0. The molecular formula is C16H22N2O2. The topological polar surface area (TPSA) is 49.4 Å². The molecule has 0 aliphatic carbocycles. The fourth-order valence-electron chi connectivity index (χ4n) is 2.52. The van der Waals surface area contributed by atoms with Gasteiger partial charge in [0.2, 0.25) is 5.91 Å². The molecule has 0 radical (unpaired) electrons. The van der Waals surface area contributed by atoms with Crippen LogP contribution in [-0.4, -0.2) is 35.8 Å². The van der Waals surface area contributed by atoms with Crippen LogP contribution in [0.3, 0.4) is 0 Å². The Morgan fingerprint density at radius 1 is 1.20 bits per heavy atom. The van der Waals surface area contributed by atoms with Gasteiger partial charge >= 0.3 is 0 Å². The van der Waals surface area contributed by atoms with Gasteiger partial charge in [-0.2, -0.15) is 0 Å². The van der Waals surface area contributed by atoms with Gasteiger partial charge in [-0.05, 0) is 45.2 Å². The second-order valence-electron chi connectivity index (χ2n) is 5.45. The first-order valence-corrected chi connectivity index (χ1v) is 7.24. The molecule has 0 spiro atoms. The summed E-state index contributed by atoms with van der Waals surface area (Å²) in [5.74, 6) is -0.169. The molecule has 1 fully saturated rings. The Balaban J connectivity index is 1.94. The van der Waals surface area contributed by atoms with E-state index in [1.165, 1.54) is 6.42 Å². The van der Waals surface area contributed by atoms with Crippen molar-refractivity contribution in [2.45, 2.75) is 39.2 Å². The summed E-state index contributed by atoms with van der Waals surface area (Å²) in [6.07, 6.45) is 3.31. The number of nitrogens with one attached hydrogen (secondary N) is 1. The third-order valence-corrected chi connectivity index (χ3v) is 3.67. The monoisotopic (exact) mass is 274 g/mol. The van der Waals surface area contributed by atoms with E-state index in [1.54, 1.807) is 13.0 Å². The molecule has 2 amide bonds. The second kappa shape index (κ2) is 6.55. The summed E-state index contributed by atoms with van der Waals surface area (Å²) in [4.78, 5) is 26.2. The van der Waals surface area contributed by atoms with Crippen molar-refractivity contribution in [1.29, 1.82) is 0 Å². The Hall–Kier alpha value is -1.84. The number of nitrogens with zero attached hydrogens (tertiary/aromatic N) is 1. The highest BCUT2D eigenvalue weighted by molar-refractivity contribution is 5.97. The van der Waals surface area contributed by atoms with Crippen molar-refractivity contribution in [3.05, 3.63) is 35.4 Å². The van der Waals surface area contributed by atoms with E-state index < -0.39 is 6.04 Å². The molecule has 1 N–H and O–H groups in total. The van der Waals surface area contributed by atoms with Crippen LogP contribution in [-0.2, 0) is 4.79 Å². The number of rotatable bonds is 3. The van der Waals surface area contributed by atoms with Crippen LogP contribution in [0.1, 0.15) is 42.1 Å². The van der Waals surface area contributed by atoms with Crippen molar-refractivity contribution < 1.29 is 9.59 Å². The molecule has 1 atom stereocenters. The number of carbonyl (C=O) groups is 2. The van der Waals surface area contributed by atoms with E-state index >= 15 is 0 Å². The number of hydrogen-bond acceptors (Lipinski definition) is 2. The largest absolute Gasteiger partial charge is 0.341 e. The molecule has 4 heteroatoms. The van der Waals surface area contributed by atoms with Crippen molar-refractivity contribution in [2.24, 2.45) is 0 Å². The molecule has 2 rings (SSSR count). The van der Waals surface area contributed by atoms with Crippen LogP contribution in [0.4, 0.5) is 0 Å². The van der Waals surface area contributed by atoms with Gasteiger partial charge in [0.1, 0.15) is 6.04 Å². The highest BCUT2D eigenvalue weighted by Gasteiger charge is 2.23. The Labute approximate surface area is 120 Å². The SMILES string of the molecule is Cc1cccc(C(=O)N[C@@H](C)C(=O)N2CCCCC2)c1. The molecule has 0 bridgehead atoms. The highest BCUT2D eigenvalue weighted by Crippen LogP contribution is 2.10. The second-order valence-corrected chi connectivity index (χ2v) is 5.45. The number of carbonyl (C=O) groups excluding carboxylic acids is 2. The van der Waals surface area contributed by atoms with Gasteiger partial charge in [0.15, 0.2) is 0 Å². The number of aryl methyl sites for hydroxylation is 1. The first kappa shape index (κ1) is 14.6. The minimum Gasteiger partial charge on any atom is -0.341 e. The summed E-state index contributed by atoms with van der Waals surface area (Å²) in [6, 6.07) is 6.91. The fraction of sp³-hybridized carbons (Fsp3) is 0.500. The Morgan fingerprint density at radius 2 is 1.90 bits per heavy atom. The smallest absolute Gasteiger partial charge is 0.251 e. The maximum atomic E-state index is 12.2. The summed E-state index contributed by atoms with van der Waals surface area (Å²) < 4.78 is 0. The molecule has 1 heterocycles. The molecule has 1 saturated heterocycles. The van der Waals surface area contributed by atoms with E-state index in [9.17, 15) is 9.59 Å². The molecule has 108 valence electrons. The van der Waals surface area contributed by atoms with E-state index in [1.807, 2.05) is 30.0 Å². The third kappa shape index (κ3) is 3.59. The molecule has 0 unspecified atom stereocenters. The minimum atomic E-state index is -0.471. The van der Waals surface area contributed by atoms with Crippen LogP contribution in [0.5, 0.6) is 0 Å². The fourth-order valence-corrected chi connectivity index (χ4v) is 2.52. The minimum absolute atomic E-state index is 0.0192. The maximum absolute atomic E-state index is 12.2. The van der Waals surface area contributed by atoms with Gasteiger partial charge in [-0.1, -0.05) is 17.7 Å². The standard InChI is InChI=1S/C16H22N2O2/c1-12-7-6-8-14(11-12)15(19)17-13(2)16(20)18-9-4-3-5-10-18/h6-8,11,13H,3-5,9-10H2,1-2H3,(H,17,19)/t13-/m0/s1. The van der Waals surface area contributed by atoms with Crippen LogP contribution in [0.2, 0.25) is 0 Å². The van der Waals surface area contributed by atoms with Crippen molar-refractivity contribution >= 4 is 11.8 Å². The van der Waals surface area contributed by atoms with Gasteiger partial charge < -0.3 is 10.2 Å². The zero-order chi connectivity index (χ0) is 14.5. The predicted molar refractivity (Wildman–Crippen MR) is 78.5 cm³/mol. The quantitative estimate of drug-likeness (QED) is 0.918. The van der Waals surface area contributed by atoms with E-state index in [4.69, 9.17) is 0 Å². The molecule has 4 nitrogen and oxygen atoms in total. The van der Waals surface area contributed by atoms with E-state index in [2.05, 4.69) is 5.32 Å². The van der Waals surface area contributed by atoms with Crippen molar-refractivity contribution in [2.75, 3.05) is 13.1 Å². The maximum Gasteiger partial charge on any atom is 0.251 e. The number of amides is 2. The molecule has 0 saturated carbocycles. The summed E-state index contributed by atoms with van der Waals surface area (Å²) in [7, 11) is 0. The highest BCUT2D eigenvalue weighted by atomic mass is 16.2. The molecule has 1 aliphatic heterocycles. The van der Waals surface area contributed by atoms with Gasteiger partial charge in [-0.3, -0.25) is 9.59 Å². The third-order valence-electron chi connectivity index (χ3n) is 3.67. The first-order chi connectivity index (χ1) is 9.58. The first-order valence-electron chi connectivity index (χ1n) is 7.24. The van der Waals surface area contributed by atoms with E-state index in [0.717, 1.165) is 31.5 Å². The zero-order valence-electron chi connectivity index (χ0n) is 12.2. The van der Waals surface area contributed by atoms with Crippen LogP contribution in [0.25, 0.3) is 0 Å². The van der Waals surface area contributed by atoms with Crippen LogP contribution >= 0.6 is 0 Å². The van der Waals surface area contributed by atoms with Gasteiger partial charge in [0.25, 0.3) is 5.91 Å². The number of hydrogen-bond donors (Lipinski definition) is 1. The van der Waals surface area contributed by atoms with Crippen molar-refractivity contribution in [1.82, 2.24) is 10.2 Å². The van der Waals surface area contributed by atoms with Gasteiger partial charge in [0, 0.05) is 18.7 Å². The summed E-state index contributed by atoms with van der Waals surface area (Å²) in [5, 5.41) is 2.79. The normalized spacial score (nSPS) is 16.6. The number of benzene rings is 1. The van der Waals surface area contributed by atoms with Gasteiger partial charge in [0.05, 0.1) is 0 Å². The van der Waals surface area contributed by atoms with E-state index in [-0.39, 0.29) is 11.8 Å². The number of likely N-dealkylation sites (tertiary alicyclic amines) is 1. The summed E-state index contributed by atoms with van der Waals surface area (Å²) in [5.41, 5.74) is 1.64. The Morgan fingerprint density at radius 3 is 2.55 bits per heavy atom. The zero-order valence-corrected chi connectivity index (χ0v) is 12.2. The molecule has 20 heavy (non-hydrogen) atoms. The average molecular weight is 274 g/mol. The predicted octanol–water partition coefficient (Wildman–Crippen LogP) is 2.13. The molecule has 0 aromatic heterocycles. The number of piperidine rings is 1. The van der Waals surface area contributed by atoms with Crippen LogP contribution in [0.15, 0.2) is 24.3 Å². The van der Waals surface area contributed by atoms with Gasteiger partial charge in [-0.25, -0.2) is 0 Å². The van der Waals surface area contributed by atoms with Crippen LogP contribution in [0, 0.1) is 6.92 Å². The Kier molecular flexibility index (Phi) is 4.77. The van der Waals surface area contributed by atoms with E-state index in [0.29, 0.717) is 5.56 Å². The lowest BCUT2D eigenvalue weighted by Crippen LogP contribution is -2.48. The lowest BCUT2D eigenvalue weighted by molar-refractivity contribution is -0.133. The van der Waals surface area contributed by atoms with Crippen molar-refractivity contribution in [3.63, 3.8) is 0 Å². The molecular weight excluding hydrogens is 252 g/mol. The van der Waals surface area contributed by atoms with Crippen molar-refractivity contribution in [3.8, 4) is 0 Å². The summed E-state index contributed by atoms with van der Waals surface area (Å²) in [6.45, 7) is 5.32. The van der Waals surface area contributed by atoms with Crippen LogP contribution < -0.4 is 5.32 Å². The average Bonchev–Trinajstić information content (AvgIpc) is 2.47. The molecule has 1 aliphatic rings. The molecule has 1 aromatic carbocycles.